The molecule has 3 aromatic rings. The number of amides is 3. The van der Waals surface area contributed by atoms with Crippen molar-refractivity contribution in [2.45, 2.75) is 53.6 Å². The number of fused-ring (bicyclic) bond motifs is 1. The third kappa shape index (κ3) is 5.75. The highest BCUT2D eigenvalue weighted by Gasteiger charge is 2.76. The summed E-state index contributed by atoms with van der Waals surface area (Å²) < 4.78 is 4.64. The van der Waals surface area contributed by atoms with E-state index in [1.807, 2.05) is 56.3 Å². The lowest BCUT2D eigenvalue weighted by Crippen LogP contribution is -2.55. The molecule has 3 N–H and O–H groups in total. The fraction of sp³-hybridized carbons (Fsp3) is 0.382. The average molecular weight is 713 g/mol. The molecular formula is C34H35BrClN3O5S. The summed E-state index contributed by atoms with van der Waals surface area (Å²) >= 11 is 11.9. The second-order valence-electron chi connectivity index (χ2n) is 11.8. The van der Waals surface area contributed by atoms with E-state index in [2.05, 4.69) is 26.6 Å². The molecule has 0 saturated carbocycles. The molecule has 7 atom stereocenters. The number of nitrogens with zero attached hydrogens (tertiary/aromatic N) is 1. The number of hydrogen-bond donors (Lipinski definition) is 3. The zero-order valence-corrected chi connectivity index (χ0v) is 28.1. The van der Waals surface area contributed by atoms with Gasteiger partial charge in [-0.1, -0.05) is 70.0 Å². The minimum atomic E-state index is -0.940. The first-order valence-corrected chi connectivity index (χ1v) is 17.2. The molecule has 3 saturated heterocycles. The summed E-state index contributed by atoms with van der Waals surface area (Å²) in [6, 6.07) is 20.5. The summed E-state index contributed by atoms with van der Waals surface area (Å²) in [6.07, 6.45) is 0.876. The number of aliphatic hydroxyl groups is 1. The molecule has 236 valence electrons. The van der Waals surface area contributed by atoms with E-state index in [1.54, 1.807) is 47.0 Å². The number of nitrogens with one attached hydrogen (secondary N) is 2. The number of rotatable bonds is 10. The van der Waals surface area contributed by atoms with Crippen molar-refractivity contribution in [3.63, 3.8) is 0 Å². The smallest absolute Gasteiger partial charge is 0.248 e. The molecule has 0 aromatic heterocycles. The monoisotopic (exact) mass is 711 g/mol. The number of halogens is 2. The van der Waals surface area contributed by atoms with Gasteiger partial charge in [0.05, 0.1) is 46.5 Å². The van der Waals surface area contributed by atoms with Crippen LogP contribution in [0.2, 0.25) is 5.02 Å². The molecule has 3 aromatic carbocycles. The number of aryl methyl sites for hydroxylation is 1. The number of alkyl halides is 1. The molecule has 2 bridgehead atoms. The maximum atomic E-state index is 14.6. The Morgan fingerprint density at radius 2 is 1.82 bits per heavy atom. The van der Waals surface area contributed by atoms with Gasteiger partial charge in [-0.05, 0) is 68.1 Å². The van der Waals surface area contributed by atoms with E-state index in [0.717, 1.165) is 11.1 Å². The number of aliphatic hydroxyl groups excluding tert-OH is 1. The number of para-hydroxylation sites is 1. The lowest BCUT2D eigenvalue weighted by Gasteiger charge is -2.37. The van der Waals surface area contributed by atoms with E-state index in [9.17, 15) is 19.5 Å². The van der Waals surface area contributed by atoms with Crippen molar-refractivity contribution < 1.29 is 24.2 Å². The molecule has 3 heterocycles. The van der Waals surface area contributed by atoms with Crippen LogP contribution in [0.25, 0.3) is 0 Å². The van der Waals surface area contributed by atoms with Gasteiger partial charge in [-0.15, -0.1) is 11.8 Å². The van der Waals surface area contributed by atoms with Gasteiger partial charge < -0.3 is 25.4 Å². The highest BCUT2D eigenvalue weighted by atomic mass is 79.9. The number of thioether (sulfide) groups is 1. The van der Waals surface area contributed by atoms with Gasteiger partial charge in [0.2, 0.25) is 17.7 Å². The molecule has 1 spiro atoms. The Bertz CT molecular complexity index is 1570. The Hall–Kier alpha value is -3.05. The zero-order chi connectivity index (χ0) is 31.9. The molecule has 6 rings (SSSR count). The van der Waals surface area contributed by atoms with Crippen LogP contribution >= 0.6 is 39.3 Å². The Morgan fingerprint density at radius 1 is 1.09 bits per heavy atom. The van der Waals surface area contributed by atoms with E-state index in [1.165, 1.54) is 0 Å². The van der Waals surface area contributed by atoms with Gasteiger partial charge >= 0.3 is 0 Å². The van der Waals surface area contributed by atoms with Crippen molar-refractivity contribution in [2.24, 2.45) is 11.8 Å². The van der Waals surface area contributed by atoms with Gasteiger partial charge in [-0.2, -0.15) is 0 Å². The second-order valence-corrected chi connectivity index (χ2v) is 14.9. The predicted molar refractivity (Wildman–Crippen MR) is 181 cm³/mol. The summed E-state index contributed by atoms with van der Waals surface area (Å²) in [7, 11) is 0. The average Bonchev–Trinajstić information content (AvgIpc) is 3.62. The molecular weight excluding hydrogens is 678 g/mol. The molecule has 0 aliphatic carbocycles. The van der Waals surface area contributed by atoms with Crippen LogP contribution in [0.4, 0.5) is 11.4 Å². The molecule has 11 heteroatoms. The summed E-state index contributed by atoms with van der Waals surface area (Å²) in [5.41, 5.74) is 2.80. The highest BCUT2D eigenvalue weighted by molar-refractivity contribution is 9.09. The topological polar surface area (TPSA) is 108 Å². The van der Waals surface area contributed by atoms with Crippen molar-refractivity contribution >= 4 is 68.4 Å². The largest absolute Gasteiger partial charge is 0.494 e. The Balaban J connectivity index is 1.37. The van der Waals surface area contributed by atoms with E-state index >= 15 is 0 Å². The van der Waals surface area contributed by atoms with Crippen molar-refractivity contribution in [2.75, 3.05) is 23.8 Å². The summed E-state index contributed by atoms with van der Waals surface area (Å²) in [4.78, 5) is 44.6. The van der Waals surface area contributed by atoms with Gasteiger partial charge in [0.15, 0.2) is 0 Å². The molecule has 3 amide bonds. The number of ether oxygens (including phenoxy) is 1. The quantitative estimate of drug-likeness (QED) is 0.233. The van der Waals surface area contributed by atoms with Crippen LogP contribution < -0.4 is 15.4 Å². The lowest BCUT2D eigenvalue weighted by atomic mass is 9.70. The van der Waals surface area contributed by atoms with Crippen molar-refractivity contribution in [3.8, 4) is 5.75 Å². The lowest BCUT2D eigenvalue weighted by molar-refractivity contribution is -0.141. The normalized spacial score (nSPS) is 27.3. The summed E-state index contributed by atoms with van der Waals surface area (Å²) in [5, 5.41) is 16.9. The van der Waals surface area contributed by atoms with E-state index in [0.29, 0.717) is 41.6 Å². The van der Waals surface area contributed by atoms with Gasteiger partial charge in [0.1, 0.15) is 11.8 Å². The molecule has 0 radical (unpaired) electrons. The number of benzene rings is 3. The fourth-order valence-corrected chi connectivity index (χ4v) is 11.1. The Kier molecular flexibility index (Phi) is 9.21. The molecule has 45 heavy (non-hydrogen) atoms. The maximum absolute atomic E-state index is 14.6. The standard InChI is InChI=1S/C34H35BrClN3O5S/c1-3-44-23-14-12-21(13-15-23)37-31(41)26-27-33(43)39(22(18-40)16-20-9-5-4-6-10-20)30(34(27)17-24(35)29(26)45-34)32(42)38-28-19(2)8-7-11-25(28)36/h4-15,22,24,26-27,29-30,40H,3,16-18H2,1-2H3,(H,37,41)(H,38,42)/t22-,24?,26+,27+,29+,30?,34?/m1/s1. The first-order valence-electron chi connectivity index (χ1n) is 15.1. The van der Waals surface area contributed by atoms with E-state index < -0.39 is 28.7 Å². The van der Waals surface area contributed by atoms with Crippen LogP contribution in [-0.4, -0.2) is 67.8 Å². The number of likely N-dealkylation sites (tertiary alicyclic amines) is 1. The van der Waals surface area contributed by atoms with E-state index in [4.69, 9.17) is 16.3 Å². The third-order valence-corrected chi connectivity index (χ3v) is 12.6. The van der Waals surface area contributed by atoms with Crippen LogP contribution in [0, 0.1) is 18.8 Å². The Morgan fingerprint density at radius 3 is 2.49 bits per heavy atom. The van der Waals surface area contributed by atoms with Crippen LogP contribution in [0.15, 0.2) is 72.8 Å². The van der Waals surface area contributed by atoms with Crippen LogP contribution in [-0.2, 0) is 20.8 Å². The minimum Gasteiger partial charge on any atom is -0.494 e. The van der Waals surface area contributed by atoms with Crippen LogP contribution in [0.5, 0.6) is 5.75 Å². The first kappa shape index (κ1) is 31.9. The first-order chi connectivity index (χ1) is 21.7. The van der Waals surface area contributed by atoms with Crippen LogP contribution in [0.1, 0.15) is 24.5 Å². The van der Waals surface area contributed by atoms with Gasteiger partial charge in [0.25, 0.3) is 0 Å². The summed E-state index contributed by atoms with van der Waals surface area (Å²) in [5.74, 6) is -1.69. The van der Waals surface area contributed by atoms with Gasteiger partial charge in [0, 0.05) is 15.8 Å². The SMILES string of the molecule is CCOc1ccc(NC(=O)[C@H]2[C@H]3C(=O)N([C@@H](CO)Cc4ccccc4)C(C(=O)Nc4c(C)cccc4Cl)C34CC(Br)[C@@H]2S4)cc1. The number of anilines is 2. The van der Waals surface area contributed by atoms with Crippen molar-refractivity contribution in [3.05, 3.63) is 88.9 Å². The number of carbonyl (C=O) groups excluding carboxylic acids is 3. The second kappa shape index (κ2) is 13.0. The molecule has 3 aliphatic rings. The number of carbonyl (C=O) groups is 3. The molecule has 8 nitrogen and oxygen atoms in total. The molecule has 3 fully saturated rings. The molecule has 3 aliphatic heterocycles. The van der Waals surface area contributed by atoms with Gasteiger partial charge in [-0.25, -0.2) is 0 Å². The predicted octanol–water partition coefficient (Wildman–Crippen LogP) is 5.69. The maximum Gasteiger partial charge on any atom is 0.248 e. The highest BCUT2D eigenvalue weighted by Crippen LogP contribution is 2.68. The third-order valence-electron chi connectivity index (χ3n) is 9.10. The van der Waals surface area contributed by atoms with E-state index in [-0.39, 0.29) is 34.4 Å². The Labute approximate surface area is 280 Å². The van der Waals surface area contributed by atoms with Gasteiger partial charge in [-0.3, -0.25) is 14.4 Å². The minimum absolute atomic E-state index is 0.0957. The fourth-order valence-electron chi connectivity index (χ4n) is 7.21. The van der Waals surface area contributed by atoms with Crippen LogP contribution in [0.3, 0.4) is 0 Å². The van der Waals surface area contributed by atoms with Crippen molar-refractivity contribution in [1.29, 1.82) is 0 Å². The summed E-state index contributed by atoms with van der Waals surface area (Å²) in [6.45, 7) is 3.96. The molecule has 3 unspecified atom stereocenters. The van der Waals surface area contributed by atoms with Crippen molar-refractivity contribution in [1.82, 2.24) is 4.90 Å². The number of hydrogen-bond acceptors (Lipinski definition) is 6. The zero-order valence-electron chi connectivity index (χ0n) is 24.9.